The van der Waals surface area contributed by atoms with Crippen molar-refractivity contribution in [1.29, 1.82) is 0 Å². The summed E-state index contributed by atoms with van der Waals surface area (Å²) in [6.45, 7) is 6.13. The van der Waals surface area contributed by atoms with Gasteiger partial charge >= 0.3 is 0 Å². The van der Waals surface area contributed by atoms with Gasteiger partial charge in [-0.15, -0.1) is 11.3 Å². The van der Waals surface area contributed by atoms with Crippen LogP contribution in [0.4, 0.5) is 0 Å². The van der Waals surface area contributed by atoms with E-state index >= 15 is 0 Å². The summed E-state index contributed by atoms with van der Waals surface area (Å²) < 4.78 is 1.02. The largest absolute Gasteiger partial charge is 0.345 e. The van der Waals surface area contributed by atoms with Crippen molar-refractivity contribution in [2.45, 2.75) is 33.2 Å². The molecule has 2 nitrogen and oxygen atoms in total. The van der Waals surface area contributed by atoms with E-state index in [9.17, 15) is 4.79 Å². The lowest BCUT2D eigenvalue weighted by atomic mass is 10.0. The number of carbonyl (C=O) groups is 1. The molecule has 0 bridgehead atoms. The minimum absolute atomic E-state index is 0.00888. The first-order valence-corrected chi connectivity index (χ1v) is 8.27. The number of nitrogens with one attached hydrogen (secondary N) is 1. The molecule has 2 rings (SSSR count). The zero-order chi connectivity index (χ0) is 14.7. The van der Waals surface area contributed by atoms with Gasteiger partial charge in [0.05, 0.1) is 14.7 Å². The number of halogens is 1. The van der Waals surface area contributed by atoms with Gasteiger partial charge in [0.25, 0.3) is 5.91 Å². The molecule has 0 radical (unpaired) electrons. The Kier molecular flexibility index (Phi) is 5.00. The van der Waals surface area contributed by atoms with E-state index in [2.05, 4.69) is 52.4 Å². The lowest BCUT2D eigenvalue weighted by molar-refractivity contribution is 0.0944. The standard InChI is InChI=1S/C16H18BrNOS/c1-4-12-5-7-13(8-6-12)11(3)18-16(19)14-9-10(2)15(17)20-14/h5-9,11H,4H2,1-3H3,(H,18,19). The van der Waals surface area contributed by atoms with Crippen LogP contribution in [0.15, 0.2) is 34.1 Å². The van der Waals surface area contributed by atoms with Gasteiger partial charge in [0, 0.05) is 0 Å². The highest BCUT2D eigenvalue weighted by molar-refractivity contribution is 9.11. The van der Waals surface area contributed by atoms with Crippen LogP contribution < -0.4 is 5.32 Å². The maximum absolute atomic E-state index is 12.2. The third-order valence-electron chi connectivity index (χ3n) is 3.32. The minimum Gasteiger partial charge on any atom is -0.345 e. The fourth-order valence-electron chi connectivity index (χ4n) is 1.96. The maximum Gasteiger partial charge on any atom is 0.261 e. The summed E-state index contributed by atoms with van der Waals surface area (Å²) in [6.07, 6.45) is 1.03. The number of carbonyl (C=O) groups excluding carboxylic acids is 1. The summed E-state index contributed by atoms with van der Waals surface area (Å²) >= 11 is 4.92. The van der Waals surface area contributed by atoms with Gasteiger partial charge in [-0.25, -0.2) is 0 Å². The van der Waals surface area contributed by atoms with Crippen molar-refractivity contribution in [2.24, 2.45) is 0 Å². The van der Waals surface area contributed by atoms with Crippen LogP contribution in [0, 0.1) is 6.92 Å². The van der Waals surface area contributed by atoms with Gasteiger partial charge in [0.2, 0.25) is 0 Å². The number of aryl methyl sites for hydroxylation is 2. The molecule has 4 heteroatoms. The van der Waals surface area contributed by atoms with Crippen LogP contribution in [-0.4, -0.2) is 5.91 Å². The van der Waals surface area contributed by atoms with E-state index in [0.717, 1.165) is 26.2 Å². The number of thiophene rings is 1. The average Bonchev–Trinajstić information content (AvgIpc) is 2.79. The van der Waals surface area contributed by atoms with Crippen LogP contribution in [-0.2, 0) is 6.42 Å². The van der Waals surface area contributed by atoms with Crippen LogP contribution in [0.25, 0.3) is 0 Å². The fraction of sp³-hybridized carbons (Fsp3) is 0.312. The summed E-state index contributed by atoms with van der Waals surface area (Å²) in [5, 5.41) is 3.04. The molecular formula is C16H18BrNOS. The quantitative estimate of drug-likeness (QED) is 0.835. The number of rotatable bonds is 4. The summed E-state index contributed by atoms with van der Waals surface area (Å²) in [7, 11) is 0. The van der Waals surface area contributed by atoms with E-state index < -0.39 is 0 Å². The van der Waals surface area contributed by atoms with E-state index in [1.54, 1.807) is 0 Å². The first-order chi connectivity index (χ1) is 9.51. The topological polar surface area (TPSA) is 29.1 Å². The zero-order valence-corrected chi connectivity index (χ0v) is 14.3. The molecule has 0 fully saturated rings. The predicted octanol–water partition coefficient (Wildman–Crippen LogP) is 4.87. The third-order valence-corrected chi connectivity index (χ3v) is 5.45. The molecule has 1 atom stereocenters. The molecule has 0 saturated heterocycles. The summed E-state index contributed by atoms with van der Waals surface area (Å²) in [5.41, 5.74) is 3.54. The Balaban J connectivity index is 2.06. The highest BCUT2D eigenvalue weighted by Crippen LogP contribution is 2.27. The first-order valence-electron chi connectivity index (χ1n) is 6.67. The normalized spacial score (nSPS) is 12.2. The molecule has 1 aromatic heterocycles. The summed E-state index contributed by atoms with van der Waals surface area (Å²) in [6, 6.07) is 10.3. The van der Waals surface area contributed by atoms with Crippen molar-refractivity contribution in [2.75, 3.05) is 0 Å². The van der Waals surface area contributed by atoms with Crippen LogP contribution in [0.3, 0.4) is 0 Å². The third kappa shape index (κ3) is 3.49. The second kappa shape index (κ2) is 6.55. The molecule has 2 aromatic rings. The second-order valence-electron chi connectivity index (χ2n) is 4.86. The van der Waals surface area contributed by atoms with E-state index in [1.165, 1.54) is 16.9 Å². The van der Waals surface area contributed by atoms with Gasteiger partial charge in [-0.2, -0.15) is 0 Å². The van der Waals surface area contributed by atoms with Gasteiger partial charge in [-0.05, 0) is 59.0 Å². The molecule has 0 spiro atoms. The highest BCUT2D eigenvalue weighted by atomic mass is 79.9. The molecule has 0 aliphatic heterocycles. The number of hydrogen-bond acceptors (Lipinski definition) is 2. The van der Waals surface area contributed by atoms with Crippen LogP contribution >= 0.6 is 27.3 Å². The Hall–Kier alpha value is -1.13. The van der Waals surface area contributed by atoms with Gasteiger partial charge in [-0.1, -0.05) is 31.2 Å². The fourth-order valence-corrected chi connectivity index (χ4v) is 3.40. The molecular weight excluding hydrogens is 334 g/mol. The summed E-state index contributed by atoms with van der Waals surface area (Å²) in [5.74, 6) is -0.0177. The monoisotopic (exact) mass is 351 g/mol. The van der Waals surface area contributed by atoms with E-state index in [4.69, 9.17) is 0 Å². The van der Waals surface area contributed by atoms with Crippen molar-refractivity contribution in [3.8, 4) is 0 Å². The Morgan fingerprint density at radius 2 is 2.00 bits per heavy atom. The molecule has 1 unspecified atom stereocenters. The van der Waals surface area contributed by atoms with E-state index in [0.29, 0.717) is 0 Å². The van der Waals surface area contributed by atoms with Gasteiger partial charge in [0.1, 0.15) is 0 Å². The molecule has 1 N–H and O–H groups in total. The van der Waals surface area contributed by atoms with Gasteiger partial charge in [0.15, 0.2) is 0 Å². The van der Waals surface area contributed by atoms with Crippen molar-refractivity contribution >= 4 is 33.2 Å². The molecule has 1 amide bonds. The smallest absolute Gasteiger partial charge is 0.261 e. The van der Waals surface area contributed by atoms with Crippen molar-refractivity contribution < 1.29 is 4.79 Å². The number of amides is 1. The van der Waals surface area contributed by atoms with Crippen LogP contribution in [0.1, 0.15) is 46.3 Å². The van der Waals surface area contributed by atoms with Crippen molar-refractivity contribution in [1.82, 2.24) is 5.32 Å². The Morgan fingerprint density at radius 3 is 2.50 bits per heavy atom. The Morgan fingerprint density at radius 1 is 1.35 bits per heavy atom. The molecule has 0 aliphatic rings. The predicted molar refractivity (Wildman–Crippen MR) is 88.5 cm³/mol. The molecule has 0 saturated carbocycles. The highest BCUT2D eigenvalue weighted by Gasteiger charge is 2.14. The van der Waals surface area contributed by atoms with Crippen LogP contribution in [0.2, 0.25) is 0 Å². The van der Waals surface area contributed by atoms with Crippen molar-refractivity contribution in [3.05, 3.63) is 55.7 Å². The minimum atomic E-state index is -0.0177. The number of hydrogen-bond donors (Lipinski definition) is 1. The molecule has 20 heavy (non-hydrogen) atoms. The SMILES string of the molecule is CCc1ccc(C(C)NC(=O)c2cc(C)c(Br)s2)cc1. The lowest BCUT2D eigenvalue weighted by Crippen LogP contribution is -2.25. The van der Waals surface area contributed by atoms with Gasteiger partial charge in [-0.3, -0.25) is 4.79 Å². The second-order valence-corrected chi connectivity index (χ2v) is 7.23. The molecule has 106 valence electrons. The maximum atomic E-state index is 12.2. The first kappa shape index (κ1) is 15.3. The Bertz CT molecular complexity index is 584. The summed E-state index contributed by atoms with van der Waals surface area (Å²) in [4.78, 5) is 12.9. The molecule has 0 aliphatic carbocycles. The molecule has 1 heterocycles. The molecule has 1 aromatic carbocycles. The zero-order valence-electron chi connectivity index (χ0n) is 11.9. The van der Waals surface area contributed by atoms with Gasteiger partial charge < -0.3 is 5.32 Å². The van der Waals surface area contributed by atoms with E-state index in [1.807, 2.05) is 19.9 Å². The Labute approximate surface area is 132 Å². The van der Waals surface area contributed by atoms with Crippen molar-refractivity contribution in [3.63, 3.8) is 0 Å². The number of benzene rings is 1. The average molecular weight is 352 g/mol. The van der Waals surface area contributed by atoms with Crippen LogP contribution in [0.5, 0.6) is 0 Å². The lowest BCUT2D eigenvalue weighted by Gasteiger charge is -2.14. The van der Waals surface area contributed by atoms with E-state index in [-0.39, 0.29) is 11.9 Å².